The van der Waals surface area contributed by atoms with E-state index in [1.807, 2.05) is 36.5 Å². The largest absolute Gasteiger partial charge is 0.497 e. The Hall–Kier alpha value is -2.14. The Morgan fingerprint density at radius 2 is 2.10 bits per heavy atom. The van der Waals surface area contributed by atoms with E-state index >= 15 is 0 Å². The zero-order valence-electron chi connectivity index (χ0n) is 12.2. The van der Waals surface area contributed by atoms with Crippen molar-refractivity contribution in [3.63, 3.8) is 0 Å². The minimum Gasteiger partial charge on any atom is -0.497 e. The van der Waals surface area contributed by atoms with Crippen LogP contribution in [0.25, 0.3) is 11.3 Å². The number of rotatable bonds is 4. The molecule has 2 heterocycles. The summed E-state index contributed by atoms with van der Waals surface area (Å²) in [6.07, 6.45) is 4.08. The molecule has 0 spiro atoms. The quantitative estimate of drug-likeness (QED) is 0.931. The standard InChI is InChI=1S/C16H20N4O/c1-21-14-6-4-12(5-7-14)15-8-9-18-16(19-15)20-10-2-3-13(20)11-17/h4-9,13H,2-3,10-11,17H2,1H3. The van der Waals surface area contributed by atoms with Gasteiger partial charge in [0.05, 0.1) is 12.8 Å². The monoisotopic (exact) mass is 284 g/mol. The van der Waals surface area contributed by atoms with E-state index in [1.54, 1.807) is 7.11 Å². The molecule has 0 aliphatic carbocycles. The van der Waals surface area contributed by atoms with Crippen molar-refractivity contribution >= 4 is 5.95 Å². The van der Waals surface area contributed by atoms with Gasteiger partial charge < -0.3 is 15.4 Å². The Balaban J connectivity index is 1.88. The third kappa shape index (κ3) is 2.83. The summed E-state index contributed by atoms with van der Waals surface area (Å²) in [6.45, 7) is 1.63. The molecule has 5 nitrogen and oxygen atoms in total. The molecule has 1 aromatic carbocycles. The van der Waals surface area contributed by atoms with E-state index in [0.717, 1.165) is 42.3 Å². The summed E-state index contributed by atoms with van der Waals surface area (Å²) in [4.78, 5) is 11.3. The van der Waals surface area contributed by atoms with Gasteiger partial charge in [-0.25, -0.2) is 9.97 Å². The average molecular weight is 284 g/mol. The maximum atomic E-state index is 5.83. The molecule has 0 amide bonds. The fraction of sp³-hybridized carbons (Fsp3) is 0.375. The van der Waals surface area contributed by atoms with E-state index in [9.17, 15) is 0 Å². The second-order valence-corrected chi connectivity index (χ2v) is 5.20. The number of ether oxygens (including phenoxy) is 1. The second-order valence-electron chi connectivity index (χ2n) is 5.20. The number of nitrogens with two attached hydrogens (primary N) is 1. The van der Waals surface area contributed by atoms with E-state index in [2.05, 4.69) is 9.88 Å². The number of benzene rings is 1. The van der Waals surface area contributed by atoms with Crippen molar-refractivity contribution in [3.05, 3.63) is 36.5 Å². The highest BCUT2D eigenvalue weighted by Crippen LogP contribution is 2.25. The Labute approximate surface area is 124 Å². The molecular formula is C16H20N4O. The van der Waals surface area contributed by atoms with E-state index in [4.69, 9.17) is 15.5 Å². The fourth-order valence-corrected chi connectivity index (χ4v) is 2.75. The summed E-state index contributed by atoms with van der Waals surface area (Å²) in [5, 5.41) is 0. The zero-order chi connectivity index (χ0) is 14.7. The molecule has 1 atom stereocenters. The van der Waals surface area contributed by atoms with Gasteiger partial charge in [0.15, 0.2) is 0 Å². The first-order valence-corrected chi connectivity index (χ1v) is 7.26. The highest BCUT2D eigenvalue weighted by Gasteiger charge is 2.25. The number of hydrogen-bond acceptors (Lipinski definition) is 5. The molecular weight excluding hydrogens is 264 g/mol. The molecule has 110 valence electrons. The van der Waals surface area contributed by atoms with Crippen molar-refractivity contribution in [2.75, 3.05) is 25.1 Å². The van der Waals surface area contributed by atoms with Crippen LogP contribution in [0.1, 0.15) is 12.8 Å². The van der Waals surface area contributed by atoms with E-state index in [0.29, 0.717) is 12.6 Å². The molecule has 1 saturated heterocycles. The molecule has 1 fully saturated rings. The van der Waals surface area contributed by atoms with Gasteiger partial charge in [0.1, 0.15) is 5.75 Å². The summed E-state index contributed by atoms with van der Waals surface area (Å²) in [7, 11) is 1.66. The molecule has 0 saturated carbocycles. The number of aromatic nitrogens is 2. The number of hydrogen-bond donors (Lipinski definition) is 1. The van der Waals surface area contributed by atoms with Crippen molar-refractivity contribution in [3.8, 4) is 17.0 Å². The summed E-state index contributed by atoms with van der Waals surface area (Å²) in [5.74, 6) is 1.62. The predicted octanol–water partition coefficient (Wildman–Crippen LogP) is 2.08. The van der Waals surface area contributed by atoms with Gasteiger partial charge in [-0.05, 0) is 43.2 Å². The van der Waals surface area contributed by atoms with E-state index < -0.39 is 0 Å². The molecule has 1 aliphatic rings. The molecule has 1 aliphatic heterocycles. The summed E-state index contributed by atoms with van der Waals surface area (Å²) in [6, 6.07) is 10.2. The Kier molecular flexibility index (Phi) is 4.01. The first-order chi connectivity index (χ1) is 10.3. The van der Waals surface area contributed by atoms with Gasteiger partial charge in [-0.3, -0.25) is 0 Å². The number of methoxy groups -OCH3 is 1. The van der Waals surface area contributed by atoms with Crippen molar-refractivity contribution in [1.29, 1.82) is 0 Å². The molecule has 2 aromatic rings. The maximum absolute atomic E-state index is 5.83. The minimum absolute atomic E-state index is 0.358. The van der Waals surface area contributed by atoms with Gasteiger partial charge >= 0.3 is 0 Å². The molecule has 1 unspecified atom stereocenters. The highest BCUT2D eigenvalue weighted by atomic mass is 16.5. The van der Waals surface area contributed by atoms with Crippen LogP contribution in [0.3, 0.4) is 0 Å². The molecule has 0 bridgehead atoms. The normalized spacial score (nSPS) is 18.0. The molecule has 1 aromatic heterocycles. The Morgan fingerprint density at radius 1 is 1.29 bits per heavy atom. The van der Waals surface area contributed by atoms with Crippen LogP contribution >= 0.6 is 0 Å². The van der Waals surface area contributed by atoms with Crippen LogP contribution in [-0.2, 0) is 0 Å². The van der Waals surface area contributed by atoms with Crippen molar-refractivity contribution in [2.45, 2.75) is 18.9 Å². The van der Waals surface area contributed by atoms with Crippen LogP contribution in [0.15, 0.2) is 36.5 Å². The van der Waals surface area contributed by atoms with Crippen molar-refractivity contribution < 1.29 is 4.74 Å². The third-order valence-electron chi connectivity index (χ3n) is 3.93. The van der Waals surface area contributed by atoms with Crippen molar-refractivity contribution in [2.24, 2.45) is 5.73 Å². The Morgan fingerprint density at radius 3 is 2.81 bits per heavy atom. The van der Waals surface area contributed by atoms with Gasteiger partial charge in [-0.1, -0.05) is 0 Å². The highest BCUT2D eigenvalue weighted by molar-refractivity contribution is 5.61. The SMILES string of the molecule is COc1ccc(-c2ccnc(N3CCCC3CN)n2)cc1. The van der Waals surface area contributed by atoms with Gasteiger partial charge in [0.25, 0.3) is 0 Å². The molecule has 21 heavy (non-hydrogen) atoms. The van der Waals surface area contributed by atoms with Gasteiger partial charge in [0, 0.05) is 30.9 Å². The lowest BCUT2D eigenvalue weighted by molar-refractivity contribution is 0.415. The minimum atomic E-state index is 0.358. The number of nitrogens with zero attached hydrogens (tertiary/aromatic N) is 3. The molecule has 5 heteroatoms. The summed E-state index contributed by atoms with van der Waals surface area (Å²) < 4.78 is 5.18. The van der Waals surface area contributed by atoms with Crippen LogP contribution in [0.4, 0.5) is 5.95 Å². The lowest BCUT2D eigenvalue weighted by Gasteiger charge is -2.23. The smallest absolute Gasteiger partial charge is 0.226 e. The Bertz CT molecular complexity index is 599. The van der Waals surface area contributed by atoms with Crippen LogP contribution in [0.2, 0.25) is 0 Å². The summed E-state index contributed by atoms with van der Waals surface area (Å²) >= 11 is 0. The second kappa shape index (κ2) is 6.10. The first-order valence-electron chi connectivity index (χ1n) is 7.26. The van der Waals surface area contributed by atoms with Gasteiger partial charge in [-0.2, -0.15) is 0 Å². The molecule has 2 N–H and O–H groups in total. The van der Waals surface area contributed by atoms with Gasteiger partial charge in [-0.15, -0.1) is 0 Å². The summed E-state index contributed by atoms with van der Waals surface area (Å²) in [5.41, 5.74) is 7.81. The number of anilines is 1. The molecule has 0 radical (unpaired) electrons. The lowest BCUT2D eigenvalue weighted by Crippen LogP contribution is -2.36. The maximum Gasteiger partial charge on any atom is 0.226 e. The van der Waals surface area contributed by atoms with Crippen LogP contribution < -0.4 is 15.4 Å². The van der Waals surface area contributed by atoms with Crippen molar-refractivity contribution in [1.82, 2.24) is 9.97 Å². The third-order valence-corrected chi connectivity index (χ3v) is 3.93. The van der Waals surface area contributed by atoms with Crippen LogP contribution in [0, 0.1) is 0 Å². The topological polar surface area (TPSA) is 64.3 Å². The van der Waals surface area contributed by atoms with E-state index in [-0.39, 0.29) is 0 Å². The molecule has 3 rings (SSSR count). The first kappa shape index (κ1) is 13.8. The van der Waals surface area contributed by atoms with Crippen LogP contribution in [-0.4, -0.2) is 36.2 Å². The fourth-order valence-electron chi connectivity index (χ4n) is 2.75. The predicted molar refractivity (Wildman–Crippen MR) is 83.4 cm³/mol. The van der Waals surface area contributed by atoms with Crippen LogP contribution in [0.5, 0.6) is 5.75 Å². The van der Waals surface area contributed by atoms with Gasteiger partial charge in [0.2, 0.25) is 5.95 Å². The zero-order valence-corrected chi connectivity index (χ0v) is 12.2. The van der Waals surface area contributed by atoms with E-state index in [1.165, 1.54) is 0 Å². The lowest BCUT2D eigenvalue weighted by atomic mass is 10.1. The average Bonchev–Trinajstić information content (AvgIpc) is 3.04.